The summed E-state index contributed by atoms with van der Waals surface area (Å²) in [5.74, 6) is 0.634. The van der Waals surface area contributed by atoms with E-state index in [0.29, 0.717) is 26.5 Å². The lowest BCUT2D eigenvalue weighted by Crippen LogP contribution is -2.39. The van der Waals surface area contributed by atoms with Crippen molar-refractivity contribution in [1.82, 2.24) is 4.57 Å². The van der Waals surface area contributed by atoms with E-state index in [-0.39, 0.29) is 5.56 Å². The van der Waals surface area contributed by atoms with Crippen molar-refractivity contribution in [2.75, 3.05) is 14.2 Å². The Balaban J connectivity index is 1.84. The predicted molar refractivity (Wildman–Crippen MR) is 139 cm³/mol. The topological polar surface area (TPSA) is 69.9 Å². The molecule has 3 aromatic rings. The van der Waals surface area contributed by atoms with Crippen LogP contribution in [0.5, 0.6) is 5.75 Å². The standard InChI is InChI=1S/C28H28N2O4S/c1-17(2)19-13-15-21(16-14-19)25-24(27(32)34-5)18(3)29-28-30(25)26(31)23(35-28)12-8-10-20-9-6-7-11-22(20)33-4/h6-17,25H,1-5H3. The van der Waals surface area contributed by atoms with Crippen molar-refractivity contribution in [1.29, 1.82) is 0 Å². The number of carbonyl (C=O) groups is 1. The number of ether oxygens (including phenoxy) is 2. The molecule has 0 radical (unpaired) electrons. The lowest BCUT2D eigenvalue weighted by atomic mass is 9.93. The fourth-order valence-corrected chi connectivity index (χ4v) is 5.13. The molecule has 0 N–H and O–H groups in total. The Bertz CT molecular complexity index is 1490. The zero-order valence-corrected chi connectivity index (χ0v) is 21.3. The molecule has 0 saturated carbocycles. The first-order chi connectivity index (χ1) is 16.8. The van der Waals surface area contributed by atoms with Crippen molar-refractivity contribution >= 4 is 29.5 Å². The molecule has 1 aromatic heterocycles. The summed E-state index contributed by atoms with van der Waals surface area (Å²) in [7, 11) is 2.97. The smallest absolute Gasteiger partial charge is 0.338 e. The Morgan fingerprint density at radius 3 is 2.49 bits per heavy atom. The molecule has 1 unspecified atom stereocenters. The summed E-state index contributed by atoms with van der Waals surface area (Å²) in [4.78, 5) is 31.5. The van der Waals surface area contributed by atoms with Crippen LogP contribution in [0.1, 0.15) is 49.4 Å². The molecule has 2 aromatic carbocycles. The minimum Gasteiger partial charge on any atom is -0.496 e. The summed E-state index contributed by atoms with van der Waals surface area (Å²) in [5.41, 5.74) is 3.64. The summed E-state index contributed by atoms with van der Waals surface area (Å²) in [6.45, 7) is 6.03. The number of hydrogen-bond donors (Lipinski definition) is 0. The quantitative estimate of drug-likeness (QED) is 0.488. The van der Waals surface area contributed by atoms with Crippen molar-refractivity contribution in [3.05, 3.63) is 102 Å². The third-order valence-corrected chi connectivity index (χ3v) is 7.01. The van der Waals surface area contributed by atoms with Gasteiger partial charge in [-0.2, -0.15) is 0 Å². The second-order valence-corrected chi connectivity index (χ2v) is 9.53. The zero-order chi connectivity index (χ0) is 25.1. The van der Waals surface area contributed by atoms with E-state index in [1.807, 2.05) is 60.7 Å². The van der Waals surface area contributed by atoms with Crippen LogP contribution in [-0.2, 0) is 9.53 Å². The maximum atomic E-state index is 13.5. The highest BCUT2D eigenvalue weighted by molar-refractivity contribution is 7.07. The second-order valence-electron chi connectivity index (χ2n) is 8.52. The largest absolute Gasteiger partial charge is 0.496 e. The highest BCUT2D eigenvalue weighted by Crippen LogP contribution is 2.31. The molecule has 35 heavy (non-hydrogen) atoms. The zero-order valence-electron chi connectivity index (χ0n) is 20.4. The predicted octanol–water partition coefficient (Wildman–Crippen LogP) is 4.21. The number of fused-ring (bicyclic) bond motifs is 1. The molecule has 7 heteroatoms. The number of esters is 1. The van der Waals surface area contributed by atoms with Gasteiger partial charge in [-0.3, -0.25) is 9.36 Å². The molecule has 6 nitrogen and oxygen atoms in total. The first-order valence-corrected chi connectivity index (χ1v) is 12.2. The van der Waals surface area contributed by atoms with Crippen LogP contribution in [0.25, 0.3) is 12.2 Å². The molecular weight excluding hydrogens is 460 g/mol. The van der Waals surface area contributed by atoms with E-state index in [4.69, 9.17) is 9.47 Å². The molecule has 0 aliphatic carbocycles. The van der Waals surface area contributed by atoms with Crippen LogP contribution in [0.15, 0.2) is 75.7 Å². The SMILES string of the molecule is COC(=O)C1=C(C)N=c2sc(=CC=Cc3ccccc3OC)c(=O)n2C1c1ccc(C(C)C)cc1. The van der Waals surface area contributed by atoms with Crippen LogP contribution in [0.2, 0.25) is 0 Å². The Kier molecular flexibility index (Phi) is 7.17. The Morgan fingerprint density at radius 2 is 1.83 bits per heavy atom. The maximum Gasteiger partial charge on any atom is 0.338 e. The Labute approximate surface area is 208 Å². The van der Waals surface area contributed by atoms with Crippen molar-refractivity contribution in [3.63, 3.8) is 0 Å². The van der Waals surface area contributed by atoms with Crippen LogP contribution in [0.3, 0.4) is 0 Å². The molecule has 0 fully saturated rings. The van der Waals surface area contributed by atoms with E-state index in [1.165, 1.54) is 24.0 Å². The summed E-state index contributed by atoms with van der Waals surface area (Å²) in [6.07, 6.45) is 5.49. The highest BCUT2D eigenvalue weighted by Gasteiger charge is 2.33. The van der Waals surface area contributed by atoms with Gasteiger partial charge in [0.15, 0.2) is 4.80 Å². The third-order valence-electron chi connectivity index (χ3n) is 6.01. The number of carbonyl (C=O) groups excluding carboxylic acids is 1. The van der Waals surface area contributed by atoms with Crippen LogP contribution in [0.4, 0.5) is 0 Å². The van der Waals surface area contributed by atoms with E-state index in [9.17, 15) is 9.59 Å². The minimum absolute atomic E-state index is 0.203. The van der Waals surface area contributed by atoms with Gasteiger partial charge < -0.3 is 9.47 Å². The fraction of sp³-hybridized carbons (Fsp3) is 0.250. The van der Waals surface area contributed by atoms with Gasteiger partial charge in [-0.15, -0.1) is 0 Å². The number of rotatable bonds is 6. The van der Waals surface area contributed by atoms with Crippen molar-refractivity contribution in [2.24, 2.45) is 4.99 Å². The molecule has 2 heterocycles. The van der Waals surface area contributed by atoms with Gasteiger partial charge in [0.05, 0.1) is 36.1 Å². The molecule has 1 atom stereocenters. The van der Waals surface area contributed by atoms with E-state index >= 15 is 0 Å². The van der Waals surface area contributed by atoms with Crippen LogP contribution in [-0.4, -0.2) is 24.8 Å². The fourth-order valence-electron chi connectivity index (χ4n) is 4.13. The van der Waals surface area contributed by atoms with E-state index < -0.39 is 12.0 Å². The lowest BCUT2D eigenvalue weighted by Gasteiger charge is -2.24. The Hall–Kier alpha value is -3.71. The molecule has 1 aliphatic heterocycles. The molecule has 0 amide bonds. The molecule has 0 bridgehead atoms. The molecule has 180 valence electrons. The van der Waals surface area contributed by atoms with Crippen LogP contribution >= 0.6 is 11.3 Å². The number of hydrogen-bond acceptors (Lipinski definition) is 6. The maximum absolute atomic E-state index is 13.5. The number of benzene rings is 2. The molecule has 4 rings (SSSR count). The van der Waals surface area contributed by atoms with E-state index in [0.717, 1.165) is 16.9 Å². The molecule has 1 aliphatic rings. The van der Waals surface area contributed by atoms with Gasteiger partial charge in [0.2, 0.25) is 0 Å². The minimum atomic E-state index is -0.611. The average Bonchev–Trinajstić information content (AvgIpc) is 3.17. The second kappa shape index (κ2) is 10.3. The molecular formula is C28H28N2O4S. The summed E-state index contributed by atoms with van der Waals surface area (Å²) in [6, 6.07) is 15.1. The summed E-state index contributed by atoms with van der Waals surface area (Å²) >= 11 is 1.30. The lowest BCUT2D eigenvalue weighted by molar-refractivity contribution is -0.136. The van der Waals surface area contributed by atoms with Gasteiger partial charge in [-0.05, 0) is 36.1 Å². The van der Waals surface area contributed by atoms with Crippen molar-refractivity contribution in [3.8, 4) is 5.75 Å². The van der Waals surface area contributed by atoms with Crippen LogP contribution < -0.4 is 19.6 Å². The van der Waals surface area contributed by atoms with E-state index in [1.54, 1.807) is 24.7 Å². The number of nitrogens with zero attached hydrogens (tertiary/aromatic N) is 2. The highest BCUT2D eigenvalue weighted by atomic mass is 32.1. The first kappa shape index (κ1) is 24.4. The molecule has 0 saturated heterocycles. The van der Waals surface area contributed by atoms with Gasteiger partial charge in [-0.1, -0.05) is 79.8 Å². The number of para-hydroxylation sites is 1. The monoisotopic (exact) mass is 488 g/mol. The summed E-state index contributed by atoms with van der Waals surface area (Å²) in [5, 5.41) is 0. The number of allylic oxidation sites excluding steroid dienone is 2. The van der Waals surface area contributed by atoms with Gasteiger partial charge in [0.1, 0.15) is 5.75 Å². The normalized spacial score (nSPS) is 15.9. The first-order valence-electron chi connectivity index (χ1n) is 11.4. The summed E-state index contributed by atoms with van der Waals surface area (Å²) < 4.78 is 12.6. The average molecular weight is 489 g/mol. The van der Waals surface area contributed by atoms with Crippen molar-refractivity contribution < 1.29 is 14.3 Å². The number of aromatic nitrogens is 1. The van der Waals surface area contributed by atoms with Gasteiger partial charge in [0, 0.05) is 5.56 Å². The van der Waals surface area contributed by atoms with Crippen LogP contribution in [0, 0.1) is 0 Å². The molecule has 0 spiro atoms. The third kappa shape index (κ3) is 4.77. The van der Waals surface area contributed by atoms with Gasteiger partial charge >= 0.3 is 5.97 Å². The number of methoxy groups -OCH3 is 2. The van der Waals surface area contributed by atoms with Gasteiger partial charge in [0.25, 0.3) is 5.56 Å². The van der Waals surface area contributed by atoms with E-state index in [2.05, 4.69) is 18.8 Å². The van der Waals surface area contributed by atoms with Gasteiger partial charge in [-0.25, -0.2) is 9.79 Å². The van der Waals surface area contributed by atoms with Crippen molar-refractivity contribution in [2.45, 2.75) is 32.7 Å². The Morgan fingerprint density at radius 1 is 1.11 bits per heavy atom. The number of thiazole rings is 1.